The molecule has 0 spiro atoms. The van der Waals surface area contributed by atoms with Gasteiger partial charge in [0.2, 0.25) is 15.9 Å². The Labute approximate surface area is 128 Å². The number of nitrogens with zero attached hydrogens (tertiary/aromatic N) is 1. The number of hydrogen-bond donors (Lipinski definition) is 1. The molecule has 0 radical (unpaired) electrons. The number of carbonyl (C=O) groups excluding carboxylic acids is 1. The van der Waals surface area contributed by atoms with Crippen molar-refractivity contribution in [1.82, 2.24) is 0 Å². The van der Waals surface area contributed by atoms with Gasteiger partial charge in [-0.2, -0.15) is 0 Å². The number of ether oxygens (including phenoxy) is 1. The number of anilines is 1. The van der Waals surface area contributed by atoms with Gasteiger partial charge in [-0.25, -0.2) is 13.6 Å². The fraction of sp³-hybridized carbons (Fsp3) is 0.462. The number of nitrogens with two attached hydrogens (primary N) is 1. The zero-order valence-corrected chi connectivity index (χ0v) is 13.2. The molecule has 1 aromatic carbocycles. The Morgan fingerprint density at radius 2 is 2.19 bits per heavy atom. The average molecular weight is 333 g/mol. The minimum Gasteiger partial charge on any atom is -0.492 e. The van der Waals surface area contributed by atoms with Crippen molar-refractivity contribution in [3.8, 4) is 5.75 Å². The van der Waals surface area contributed by atoms with E-state index in [0.717, 1.165) is 0 Å². The molecular formula is C13H17ClN2O4S. The molecule has 6 nitrogen and oxygen atoms in total. The van der Waals surface area contributed by atoms with E-state index in [1.54, 1.807) is 18.2 Å². The molecule has 21 heavy (non-hydrogen) atoms. The van der Waals surface area contributed by atoms with Crippen LogP contribution in [-0.2, 0) is 14.8 Å². The highest BCUT2D eigenvalue weighted by Crippen LogP contribution is 2.35. The van der Waals surface area contributed by atoms with Crippen LogP contribution in [-0.4, -0.2) is 33.2 Å². The summed E-state index contributed by atoms with van der Waals surface area (Å²) in [5.74, 6) is -0.147. The van der Waals surface area contributed by atoms with Crippen molar-refractivity contribution in [2.45, 2.75) is 13.3 Å². The van der Waals surface area contributed by atoms with Gasteiger partial charge in [0.25, 0.3) is 0 Å². The molecule has 2 N–H and O–H groups in total. The largest absolute Gasteiger partial charge is 0.492 e. The minimum atomic E-state index is -3.59. The van der Waals surface area contributed by atoms with Crippen molar-refractivity contribution in [2.75, 3.05) is 23.8 Å². The van der Waals surface area contributed by atoms with Crippen molar-refractivity contribution in [3.63, 3.8) is 0 Å². The molecule has 0 bridgehead atoms. The van der Waals surface area contributed by atoms with Crippen molar-refractivity contribution >= 4 is 33.2 Å². The Kier molecular flexibility index (Phi) is 4.75. The maximum Gasteiger partial charge on any atom is 0.227 e. The van der Waals surface area contributed by atoms with Crippen molar-refractivity contribution in [1.29, 1.82) is 0 Å². The van der Waals surface area contributed by atoms with Crippen LogP contribution < -0.4 is 14.8 Å². The third-order valence-electron chi connectivity index (χ3n) is 3.19. The summed E-state index contributed by atoms with van der Waals surface area (Å²) >= 11 is 5.93. The molecule has 1 heterocycles. The van der Waals surface area contributed by atoms with E-state index in [2.05, 4.69) is 0 Å². The van der Waals surface area contributed by atoms with Gasteiger partial charge in [-0.15, -0.1) is 0 Å². The summed E-state index contributed by atoms with van der Waals surface area (Å²) in [4.78, 5) is 13.6. The van der Waals surface area contributed by atoms with E-state index in [1.165, 1.54) is 4.90 Å². The van der Waals surface area contributed by atoms with Crippen LogP contribution in [0.4, 0.5) is 5.69 Å². The Bertz CT molecular complexity index is 648. The lowest BCUT2D eigenvalue weighted by atomic mass is 10.1. The molecule has 0 aromatic heterocycles. The second-order valence-electron chi connectivity index (χ2n) is 4.95. The first-order valence-corrected chi connectivity index (χ1v) is 8.62. The fourth-order valence-corrected chi connectivity index (χ4v) is 3.48. The number of hydrogen-bond acceptors (Lipinski definition) is 4. The second-order valence-corrected chi connectivity index (χ2v) is 7.04. The predicted molar refractivity (Wildman–Crippen MR) is 81.1 cm³/mol. The summed E-state index contributed by atoms with van der Waals surface area (Å²) in [6.45, 7) is 2.58. The van der Waals surface area contributed by atoms with Crippen LogP contribution in [0.15, 0.2) is 18.2 Å². The molecule has 1 aliphatic rings. The fourth-order valence-electron chi connectivity index (χ4n) is 2.44. The highest BCUT2D eigenvalue weighted by atomic mass is 35.5. The van der Waals surface area contributed by atoms with Gasteiger partial charge in [0.15, 0.2) is 0 Å². The SMILES string of the molecule is CCOc1cc(Cl)ccc1N1CC(CS(N)(=O)=O)CC1=O. The molecule has 1 amide bonds. The summed E-state index contributed by atoms with van der Waals surface area (Å²) in [7, 11) is -3.59. The molecule has 116 valence electrons. The van der Waals surface area contributed by atoms with Crippen molar-refractivity contribution < 1.29 is 17.9 Å². The Hall–Kier alpha value is -1.31. The van der Waals surface area contributed by atoms with Gasteiger partial charge < -0.3 is 9.64 Å². The lowest BCUT2D eigenvalue weighted by Crippen LogP contribution is -2.27. The molecule has 1 aromatic rings. The summed E-state index contributed by atoms with van der Waals surface area (Å²) in [5, 5.41) is 5.55. The highest BCUT2D eigenvalue weighted by molar-refractivity contribution is 7.89. The summed E-state index contributed by atoms with van der Waals surface area (Å²) < 4.78 is 27.8. The monoisotopic (exact) mass is 332 g/mol. The van der Waals surface area contributed by atoms with Gasteiger partial charge in [-0.05, 0) is 19.1 Å². The van der Waals surface area contributed by atoms with E-state index in [9.17, 15) is 13.2 Å². The standard InChI is InChI=1S/C13H17ClN2O4S/c1-2-20-12-6-10(14)3-4-11(12)16-7-9(5-13(16)17)8-21(15,18)19/h3-4,6,9H,2,5,7-8H2,1H3,(H2,15,18,19). The molecule has 1 saturated heterocycles. The number of rotatable bonds is 5. The first-order chi connectivity index (χ1) is 9.80. The number of sulfonamides is 1. The van der Waals surface area contributed by atoms with Gasteiger partial charge >= 0.3 is 0 Å². The van der Waals surface area contributed by atoms with Gasteiger partial charge in [0, 0.05) is 30.0 Å². The first-order valence-electron chi connectivity index (χ1n) is 6.53. The minimum absolute atomic E-state index is 0.146. The van der Waals surface area contributed by atoms with Crippen LogP contribution in [0.1, 0.15) is 13.3 Å². The topological polar surface area (TPSA) is 89.7 Å². The average Bonchev–Trinajstić information content (AvgIpc) is 2.68. The van der Waals surface area contributed by atoms with E-state index >= 15 is 0 Å². The van der Waals surface area contributed by atoms with E-state index in [1.807, 2.05) is 6.92 Å². The van der Waals surface area contributed by atoms with E-state index < -0.39 is 10.0 Å². The molecule has 1 unspecified atom stereocenters. The van der Waals surface area contributed by atoms with Crippen LogP contribution in [0, 0.1) is 5.92 Å². The number of primary sulfonamides is 1. The van der Waals surface area contributed by atoms with Gasteiger partial charge in [0.05, 0.1) is 18.0 Å². The van der Waals surface area contributed by atoms with Crippen molar-refractivity contribution in [2.24, 2.45) is 11.1 Å². The molecule has 1 aliphatic heterocycles. The lowest BCUT2D eigenvalue weighted by Gasteiger charge is -2.20. The smallest absolute Gasteiger partial charge is 0.227 e. The van der Waals surface area contributed by atoms with E-state index in [-0.39, 0.29) is 24.0 Å². The van der Waals surface area contributed by atoms with Crippen LogP contribution in [0.2, 0.25) is 5.02 Å². The van der Waals surface area contributed by atoms with Crippen LogP contribution in [0.5, 0.6) is 5.75 Å². The highest BCUT2D eigenvalue weighted by Gasteiger charge is 2.34. The molecule has 0 aliphatic carbocycles. The third-order valence-corrected chi connectivity index (χ3v) is 4.36. The van der Waals surface area contributed by atoms with E-state index in [0.29, 0.717) is 29.6 Å². The molecule has 0 saturated carbocycles. The number of carbonyl (C=O) groups is 1. The molecule has 2 rings (SSSR count). The van der Waals surface area contributed by atoms with E-state index in [4.69, 9.17) is 21.5 Å². The maximum atomic E-state index is 12.1. The third kappa shape index (κ3) is 4.09. The lowest BCUT2D eigenvalue weighted by molar-refractivity contribution is -0.117. The van der Waals surface area contributed by atoms with Crippen LogP contribution in [0.3, 0.4) is 0 Å². The van der Waals surface area contributed by atoms with Gasteiger partial charge in [0.1, 0.15) is 5.75 Å². The molecular weight excluding hydrogens is 316 g/mol. The Balaban J connectivity index is 2.24. The number of amides is 1. The first kappa shape index (κ1) is 16.1. The summed E-state index contributed by atoms with van der Waals surface area (Å²) in [6, 6.07) is 5.00. The quantitative estimate of drug-likeness (QED) is 0.882. The molecule has 1 atom stereocenters. The summed E-state index contributed by atoms with van der Waals surface area (Å²) in [6.07, 6.45) is 0.157. The predicted octanol–water partition coefficient (Wildman–Crippen LogP) is 1.38. The van der Waals surface area contributed by atoms with Crippen LogP contribution >= 0.6 is 11.6 Å². The number of halogens is 1. The number of benzene rings is 1. The zero-order valence-electron chi connectivity index (χ0n) is 11.6. The maximum absolute atomic E-state index is 12.1. The molecule has 1 fully saturated rings. The van der Waals surface area contributed by atoms with Crippen molar-refractivity contribution in [3.05, 3.63) is 23.2 Å². The van der Waals surface area contributed by atoms with Gasteiger partial charge in [-0.3, -0.25) is 4.79 Å². The van der Waals surface area contributed by atoms with Gasteiger partial charge in [-0.1, -0.05) is 11.6 Å². The zero-order chi connectivity index (χ0) is 15.6. The van der Waals surface area contributed by atoms with Crippen LogP contribution in [0.25, 0.3) is 0 Å². The Morgan fingerprint density at radius 3 is 2.81 bits per heavy atom. The second kappa shape index (κ2) is 6.21. The Morgan fingerprint density at radius 1 is 1.48 bits per heavy atom. The normalized spacial score (nSPS) is 19.1. The summed E-state index contributed by atoms with van der Waals surface area (Å²) in [5.41, 5.74) is 0.600. The molecule has 8 heteroatoms.